The van der Waals surface area contributed by atoms with Crippen LogP contribution in [0.1, 0.15) is 61.3 Å². The number of aromatic nitrogens is 4. The first-order valence-corrected chi connectivity index (χ1v) is 15.1. The van der Waals surface area contributed by atoms with Crippen molar-refractivity contribution in [3.05, 3.63) is 58.9 Å². The minimum atomic E-state index is -2.67. The van der Waals surface area contributed by atoms with Crippen molar-refractivity contribution >= 4 is 23.2 Å². The molecule has 10 nitrogen and oxygen atoms in total. The van der Waals surface area contributed by atoms with Gasteiger partial charge in [0.1, 0.15) is 16.5 Å². The molecule has 2 atom stereocenters. The summed E-state index contributed by atoms with van der Waals surface area (Å²) in [7, 11) is 0. The lowest BCUT2D eigenvalue weighted by Crippen LogP contribution is -2.27. The summed E-state index contributed by atoms with van der Waals surface area (Å²) in [6, 6.07) is 12.8. The fourth-order valence-electron chi connectivity index (χ4n) is 5.63. The Hall–Kier alpha value is -4.26. The van der Waals surface area contributed by atoms with Crippen molar-refractivity contribution in [2.24, 2.45) is 5.92 Å². The molecule has 4 heterocycles. The molecule has 4 aromatic rings. The number of halogens is 2. The van der Waals surface area contributed by atoms with Crippen LogP contribution in [0.2, 0.25) is 0 Å². The van der Waals surface area contributed by atoms with E-state index in [1.807, 2.05) is 21.9 Å². The minimum absolute atomic E-state index is 0.0972. The second kappa shape index (κ2) is 11.1. The van der Waals surface area contributed by atoms with Crippen LogP contribution in [0.15, 0.2) is 47.0 Å². The Morgan fingerprint density at radius 2 is 1.81 bits per heavy atom. The van der Waals surface area contributed by atoms with Gasteiger partial charge in [-0.15, -0.1) is 10.2 Å². The number of likely N-dealkylation sites (tertiary alicyclic amines) is 2. The van der Waals surface area contributed by atoms with Crippen molar-refractivity contribution in [3.8, 4) is 33.5 Å². The van der Waals surface area contributed by atoms with Gasteiger partial charge in [0, 0.05) is 61.1 Å². The van der Waals surface area contributed by atoms with Gasteiger partial charge in [0.15, 0.2) is 10.8 Å². The summed E-state index contributed by atoms with van der Waals surface area (Å²) in [6.45, 7) is 3.71. The van der Waals surface area contributed by atoms with Crippen molar-refractivity contribution < 1.29 is 27.6 Å². The third kappa shape index (κ3) is 5.73. The van der Waals surface area contributed by atoms with E-state index in [0.29, 0.717) is 77.9 Å². The molecule has 2 aromatic heterocycles. The van der Waals surface area contributed by atoms with Gasteiger partial charge in [0.2, 0.25) is 11.8 Å². The number of alkyl halides is 2. The molecule has 0 spiro atoms. The third-order valence-electron chi connectivity index (χ3n) is 7.99. The van der Waals surface area contributed by atoms with E-state index in [1.165, 1.54) is 0 Å². The lowest BCUT2D eigenvalue weighted by Gasteiger charge is -2.19. The van der Waals surface area contributed by atoms with E-state index < -0.39 is 6.43 Å². The fourth-order valence-corrected chi connectivity index (χ4v) is 6.34. The Morgan fingerprint density at radius 3 is 2.51 bits per heavy atom. The summed E-state index contributed by atoms with van der Waals surface area (Å²) in [4.78, 5) is 33.4. The molecule has 2 saturated heterocycles. The topological polar surface area (TPSA) is 115 Å². The van der Waals surface area contributed by atoms with E-state index in [1.54, 1.807) is 30.3 Å². The minimum Gasteiger partial charge on any atom is -0.457 e. The van der Waals surface area contributed by atoms with Crippen LogP contribution >= 0.6 is 11.3 Å². The van der Waals surface area contributed by atoms with E-state index in [-0.39, 0.29) is 28.7 Å². The molecule has 222 valence electrons. The van der Waals surface area contributed by atoms with Gasteiger partial charge < -0.3 is 19.1 Å². The Kier molecular flexibility index (Phi) is 7.12. The maximum absolute atomic E-state index is 13.0. The van der Waals surface area contributed by atoms with E-state index in [4.69, 9.17) is 9.26 Å². The average molecular weight is 607 g/mol. The van der Waals surface area contributed by atoms with Gasteiger partial charge in [0.25, 0.3) is 12.3 Å². The number of hydrogen-bond donors (Lipinski definition) is 0. The zero-order valence-corrected chi connectivity index (χ0v) is 24.1. The Balaban J connectivity index is 1.14. The molecule has 7 rings (SSSR count). The SMILES string of the molecule is CC1CC(=O)N(Cc2ccc(-c3nc(C4CC(=O)N(C5CC5)C4)no3)cc2Oc2ccc(-c3nnc(C(F)F)s3)cc2)C1. The maximum atomic E-state index is 13.0. The molecule has 2 aliphatic heterocycles. The second-order valence-corrected chi connectivity index (χ2v) is 12.4. The maximum Gasteiger partial charge on any atom is 0.291 e. The van der Waals surface area contributed by atoms with Gasteiger partial charge in [-0.05, 0) is 55.2 Å². The zero-order valence-electron chi connectivity index (χ0n) is 23.3. The number of carbonyl (C=O) groups is 2. The first-order chi connectivity index (χ1) is 20.8. The first-order valence-electron chi connectivity index (χ1n) is 14.2. The molecule has 1 aliphatic carbocycles. The number of hydrogen-bond acceptors (Lipinski definition) is 9. The number of benzene rings is 2. The molecule has 2 aromatic carbocycles. The molecule has 2 amide bonds. The first kappa shape index (κ1) is 27.6. The highest BCUT2D eigenvalue weighted by Crippen LogP contribution is 2.38. The molecular weight excluding hydrogens is 578 g/mol. The van der Waals surface area contributed by atoms with Crippen molar-refractivity contribution in [3.63, 3.8) is 0 Å². The highest BCUT2D eigenvalue weighted by Gasteiger charge is 2.41. The van der Waals surface area contributed by atoms with E-state index in [0.717, 1.165) is 29.7 Å². The fraction of sp³-hybridized carbons (Fsp3) is 0.400. The van der Waals surface area contributed by atoms with Gasteiger partial charge in [-0.25, -0.2) is 8.78 Å². The molecule has 13 heteroatoms. The molecule has 2 unspecified atom stereocenters. The molecule has 0 radical (unpaired) electrons. The summed E-state index contributed by atoms with van der Waals surface area (Å²) >= 11 is 0.844. The molecule has 0 N–H and O–H groups in total. The summed E-state index contributed by atoms with van der Waals surface area (Å²) in [6.07, 6.45) is 0.329. The van der Waals surface area contributed by atoms with Gasteiger partial charge >= 0.3 is 0 Å². The molecular formula is C30H28F2N6O4S. The normalized spacial score (nSPS) is 20.6. The van der Waals surface area contributed by atoms with Crippen molar-refractivity contribution in [1.82, 2.24) is 30.1 Å². The monoisotopic (exact) mass is 606 g/mol. The largest absolute Gasteiger partial charge is 0.457 e. The Labute approximate surface area is 249 Å². The lowest BCUT2D eigenvalue weighted by atomic mass is 10.1. The number of carbonyl (C=O) groups excluding carboxylic acids is 2. The van der Waals surface area contributed by atoms with Crippen molar-refractivity contribution in [1.29, 1.82) is 0 Å². The molecule has 0 bridgehead atoms. The van der Waals surface area contributed by atoms with Crippen LogP contribution in [0, 0.1) is 5.92 Å². The highest BCUT2D eigenvalue weighted by molar-refractivity contribution is 7.14. The molecule has 3 fully saturated rings. The second-order valence-electron chi connectivity index (χ2n) is 11.4. The van der Waals surface area contributed by atoms with Crippen LogP contribution in [0.4, 0.5) is 8.78 Å². The summed E-state index contributed by atoms with van der Waals surface area (Å²) < 4.78 is 37.9. The van der Waals surface area contributed by atoms with Crippen molar-refractivity contribution in [2.75, 3.05) is 13.1 Å². The van der Waals surface area contributed by atoms with Gasteiger partial charge in [-0.2, -0.15) is 4.98 Å². The number of amides is 2. The van der Waals surface area contributed by atoms with Crippen LogP contribution in [0.3, 0.4) is 0 Å². The predicted octanol–water partition coefficient (Wildman–Crippen LogP) is 5.83. The van der Waals surface area contributed by atoms with Gasteiger partial charge in [-0.3, -0.25) is 9.59 Å². The molecule has 1 saturated carbocycles. The van der Waals surface area contributed by atoms with Crippen LogP contribution in [0.25, 0.3) is 22.0 Å². The van der Waals surface area contributed by atoms with E-state index in [2.05, 4.69) is 27.3 Å². The van der Waals surface area contributed by atoms with Crippen LogP contribution in [-0.2, 0) is 16.1 Å². The van der Waals surface area contributed by atoms with Crippen LogP contribution < -0.4 is 4.74 Å². The highest BCUT2D eigenvalue weighted by atomic mass is 32.1. The average Bonchev–Trinajstić information content (AvgIpc) is 3.34. The summed E-state index contributed by atoms with van der Waals surface area (Å²) in [5.74, 6) is 2.27. The third-order valence-corrected chi connectivity index (χ3v) is 8.97. The quantitative estimate of drug-likeness (QED) is 0.234. The van der Waals surface area contributed by atoms with Gasteiger partial charge in [-0.1, -0.05) is 29.5 Å². The molecule has 43 heavy (non-hydrogen) atoms. The van der Waals surface area contributed by atoms with Crippen LogP contribution in [0.5, 0.6) is 11.5 Å². The standard InChI is InChI=1S/C30H28F2N6O4S/c1-16-10-24(39)37(13-16)14-19-3-2-18(28-33-27(36-42-28)20-12-25(40)38(15-20)21-6-7-21)11-23(19)41-22-8-4-17(5-9-22)29-34-35-30(43-29)26(31)32/h2-5,8-9,11,16,20-21,26H,6-7,10,12-15H2,1H3. The summed E-state index contributed by atoms with van der Waals surface area (Å²) in [5.41, 5.74) is 2.10. The predicted molar refractivity (Wildman–Crippen MR) is 151 cm³/mol. The Morgan fingerprint density at radius 1 is 1.02 bits per heavy atom. The summed E-state index contributed by atoms with van der Waals surface area (Å²) in [5, 5.41) is 11.7. The van der Waals surface area contributed by atoms with Crippen LogP contribution in [-0.4, -0.2) is 61.1 Å². The Bertz CT molecular complexity index is 1670. The zero-order chi connectivity index (χ0) is 29.7. The number of ether oxygens (including phenoxy) is 1. The number of nitrogens with zero attached hydrogens (tertiary/aromatic N) is 6. The van der Waals surface area contributed by atoms with E-state index >= 15 is 0 Å². The smallest absolute Gasteiger partial charge is 0.291 e. The van der Waals surface area contributed by atoms with Crippen molar-refractivity contribution in [2.45, 2.75) is 57.5 Å². The molecule has 3 aliphatic rings. The lowest BCUT2D eigenvalue weighted by molar-refractivity contribution is -0.129. The van der Waals surface area contributed by atoms with E-state index in [9.17, 15) is 18.4 Å². The number of rotatable bonds is 9. The van der Waals surface area contributed by atoms with Gasteiger partial charge in [0.05, 0.1) is 0 Å².